The Hall–Kier alpha value is -0.670. The van der Waals surface area contributed by atoms with Gasteiger partial charge in [0.15, 0.2) is 14.9 Å². The summed E-state index contributed by atoms with van der Waals surface area (Å²) in [5.41, 5.74) is 0. The third kappa shape index (κ3) is 3.92. The van der Waals surface area contributed by atoms with Crippen LogP contribution in [0.15, 0.2) is 0 Å². The van der Waals surface area contributed by atoms with Crippen molar-refractivity contribution in [3.63, 3.8) is 0 Å². The Bertz CT molecular complexity index is 523. The van der Waals surface area contributed by atoms with Crippen LogP contribution in [0.25, 0.3) is 0 Å². The molecule has 0 radical (unpaired) electrons. The highest BCUT2D eigenvalue weighted by Gasteiger charge is 2.36. The van der Waals surface area contributed by atoms with Crippen LogP contribution < -0.4 is 0 Å². The van der Waals surface area contributed by atoms with Crippen LogP contribution in [0.2, 0.25) is 0 Å². The molecule has 1 saturated heterocycles. The van der Waals surface area contributed by atoms with Crippen molar-refractivity contribution in [3.8, 4) is 0 Å². The second-order valence-electron chi connectivity index (χ2n) is 4.72. The van der Waals surface area contributed by atoms with Crippen LogP contribution in [0.3, 0.4) is 0 Å². The number of carboxylic acids is 1. The highest BCUT2D eigenvalue weighted by atomic mass is 32.3. The molecule has 1 fully saturated rings. The Kier molecular flexibility index (Phi) is 4.39. The summed E-state index contributed by atoms with van der Waals surface area (Å²) in [7, 11) is -7.50. The minimum Gasteiger partial charge on any atom is -0.481 e. The molecule has 18 heavy (non-hydrogen) atoms. The zero-order valence-electron chi connectivity index (χ0n) is 10.2. The first-order valence-corrected chi connectivity index (χ1v) is 9.08. The predicted molar refractivity (Wildman–Crippen MR) is 65.1 cm³/mol. The topological polar surface area (TPSA) is 109 Å². The van der Waals surface area contributed by atoms with Gasteiger partial charge in [-0.05, 0) is 12.3 Å². The van der Waals surface area contributed by atoms with Crippen LogP contribution >= 0.6 is 0 Å². The third-order valence-corrected chi connectivity index (χ3v) is 6.96. The summed E-state index contributed by atoms with van der Waals surface area (Å²) in [6.07, 6.45) is 1.07. The fourth-order valence-corrected chi connectivity index (χ4v) is 5.68. The van der Waals surface area contributed by atoms with Crippen LogP contribution in [0.1, 0.15) is 13.3 Å². The molecule has 2 unspecified atom stereocenters. The molecule has 106 valence electrons. The van der Waals surface area contributed by atoms with Gasteiger partial charge in [0, 0.05) is 19.3 Å². The van der Waals surface area contributed by atoms with E-state index >= 15 is 0 Å². The molecule has 0 saturated carbocycles. The van der Waals surface area contributed by atoms with E-state index in [9.17, 15) is 21.6 Å². The first-order chi connectivity index (χ1) is 8.03. The smallest absolute Gasteiger partial charge is 0.306 e. The lowest BCUT2D eigenvalue weighted by Crippen LogP contribution is -2.46. The maximum Gasteiger partial charge on any atom is 0.306 e. The number of rotatable bonds is 4. The molecule has 1 heterocycles. The van der Waals surface area contributed by atoms with Crippen molar-refractivity contribution in [1.82, 2.24) is 4.31 Å². The molecular formula is C9H17NO6S2. The van der Waals surface area contributed by atoms with Gasteiger partial charge in [0.2, 0.25) is 10.0 Å². The highest BCUT2D eigenvalue weighted by molar-refractivity contribution is 8.06. The third-order valence-electron chi connectivity index (χ3n) is 2.94. The summed E-state index contributed by atoms with van der Waals surface area (Å²) in [5, 5.41) is 7.99. The first kappa shape index (κ1) is 15.4. The van der Waals surface area contributed by atoms with Gasteiger partial charge in [0.05, 0.1) is 5.92 Å². The van der Waals surface area contributed by atoms with E-state index < -0.39 is 36.8 Å². The molecule has 7 nitrogen and oxygen atoms in total. The lowest BCUT2D eigenvalue weighted by atomic mass is 9.88. The lowest BCUT2D eigenvalue weighted by molar-refractivity contribution is -0.144. The van der Waals surface area contributed by atoms with Gasteiger partial charge in [-0.15, -0.1) is 0 Å². The summed E-state index contributed by atoms with van der Waals surface area (Å²) in [5.74, 6) is -1.84. The number of carbonyl (C=O) groups is 1. The largest absolute Gasteiger partial charge is 0.481 e. The van der Waals surface area contributed by atoms with Crippen molar-refractivity contribution in [3.05, 3.63) is 0 Å². The molecule has 9 heteroatoms. The number of sulfonamides is 1. The van der Waals surface area contributed by atoms with Gasteiger partial charge in [-0.25, -0.2) is 21.1 Å². The number of nitrogens with zero attached hydrogens (tertiary/aromatic N) is 1. The summed E-state index contributed by atoms with van der Waals surface area (Å²) in [6.45, 7) is 1.76. The molecular weight excluding hydrogens is 282 g/mol. The fraction of sp³-hybridized carbons (Fsp3) is 0.889. The molecule has 0 aromatic heterocycles. The monoisotopic (exact) mass is 299 g/mol. The average Bonchev–Trinajstić information content (AvgIpc) is 2.12. The summed E-state index contributed by atoms with van der Waals surface area (Å²) in [4.78, 5) is 10.9. The minimum absolute atomic E-state index is 0.0504. The molecule has 0 aromatic carbocycles. The number of hydrogen-bond donors (Lipinski definition) is 1. The van der Waals surface area contributed by atoms with Crippen molar-refractivity contribution >= 4 is 25.8 Å². The number of aliphatic carboxylic acids is 1. The van der Waals surface area contributed by atoms with Crippen molar-refractivity contribution in [2.75, 3.05) is 24.4 Å². The Morgan fingerprint density at radius 1 is 1.33 bits per heavy atom. The van der Waals surface area contributed by atoms with Gasteiger partial charge >= 0.3 is 5.97 Å². The number of piperidine rings is 1. The van der Waals surface area contributed by atoms with Crippen LogP contribution in [0.4, 0.5) is 0 Å². The quantitative estimate of drug-likeness (QED) is 0.739. The first-order valence-electron chi connectivity index (χ1n) is 5.41. The standard InChI is InChI=1S/C9H17NO6S2/c1-7-5-10(4-3-8(7)9(11)12)18(15,16)6-17(2,13)14/h7-8H,3-6H2,1-2H3,(H,11,12). The molecule has 0 amide bonds. The lowest BCUT2D eigenvalue weighted by Gasteiger charge is -2.33. The number of carboxylic acid groups (broad SMARTS) is 1. The van der Waals surface area contributed by atoms with E-state index in [0.717, 1.165) is 10.6 Å². The van der Waals surface area contributed by atoms with E-state index in [1.807, 2.05) is 0 Å². The van der Waals surface area contributed by atoms with Crippen molar-refractivity contribution in [2.24, 2.45) is 11.8 Å². The summed E-state index contributed by atoms with van der Waals surface area (Å²) < 4.78 is 46.8. The van der Waals surface area contributed by atoms with Crippen LogP contribution in [-0.4, -0.2) is 56.6 Å². The Labute approximate surface area is 107 Å². The molecule has 0 aliphatic carbocycles. The van der Waals surface area contributed by atoms with E-state index in [-0.39, 0.29) is 25.4 Å². The molecule has 0 spiro atoms. The number of hydrogen-bond acceptors (Lipinski definition) is 5. The van der Waals surface area contributed by atoms with Crippen molar-refractivity contribution in [1.29, 1.82) is 0 Å². The molecule has 1 rings (SSSR count). The van der Waals surface area contributed by atoms with E-state index in [4.69, 9.17) is 5.11 Å². The van der Waals surface area contributed by atoms with Crippen molar-refractivity contribution < 1.29 is 26.7 Å². The fourth-order valence-electron chi connectivity index (χ4n) is 2.07. The normalized spacial score (nSPS) is 27.0. The maximum atomic E-state index is 11.8. The van der Waals surface area contributed by atoms with Gasteiger partial charge < -0.3 is 5.11 Å². The Morgan fingerprint density at radius 3 is 2.28 bits per heavy atom. The van der Waals surface area contributed by atoms with E-state index in [1.165, 1.54) is 0 Å². The predicted octanol–water partition coefficient (Wildman–Crippen LogP) is -0.639. The van der Waals surface area contributed by atoms with Crippen LogP contribution in [-0.2, 0) is 24.7 Å². The zero-order chi connectivity index (χ0) is 14.1. The van der Waals surface area contributed by atoms with Gasteiger partial charge in [0.1, 0.15) is 0 Å². The van der Waals surface area contributed by atoms with Crippen LogP contribution in [0, 0.1) is 11.8 Å². The van der Waals surface area contributed by atoms with Gasteiger partial charge in [0.25, 0.3) is 0 Å². The van der Waals surface area contributed by atoms with Crippen LogP contribution in [0.5, 0.6) is 0 Å². The molecule has 1 N–H and O–H groups in total. The Balaban J connectivity index is 2.80. The number of sulfone groups is 1. The van der Waals surface area contributed by atoms with Crippen molar-refractivity contribution in [2.45, 2.75) is 13.3 Å². The zero-order valence-corrected chi connectivity index (χ0v) is 11.9. The average molecular weight is 299 g/mol. The molecule has 1 aliphatic heterocycles. The second-order valence-corrected chi connectivity index (χ2v) is 9.20. The molecule has 2 atom stereocenters. The van der Waals surface area contributed by atoms with Gasteiger partial charge in [-0.1, -0.05) is 6.92 Å². The van der Waals surface area contributed by atoms with E-state index in [2.05, 4.69) is 0 Å². The molecule has 1 aliphatic rings. The van der Waals surface area contributed by atoms with Gasteiger partial charge in [-0.2, -0.15) is 0 Å². The van der Waals surface area contributed by atoms with Gasteiger partial charge in [-0.3, -0.25) is 4.79 Å². The minimum atomic E-state index is -3.87. The molecule has 0 aromatic rings. The summed E-state index contributed by atoms with van der Waals surface area (Å²) >= 11 is 0. The second kappa shape index (κ2) is 5.14. The van der Waals surface area contributed by atoms with E-state index in [0.29, 0.717) is 0 Å². The summed E-state index contributed by atoms with van der Waals surface area (Å²) in [6, 6.07) is 0. The molecule has 0 bridgehead atoms. The highest BCUT2D eigenvalue weighted by Crippen LogP contribution is 2.25. The SMILES string of the molecule is CC1CN(S(=O)(=O)CS(C)(=O)=O)CCC1C(=O)O. The maximum absolute atomic E-state index is 11.8. The van der Waals surface area contributed by atoms with E-state index in [1.54, 1.807) is 6.92 Å². The Morgan fingerprint density at radius 2 is 1.89 bits per heavy atom.